The van der Waals surface area contributed by atoms with Crippen LogP contribution < -0.4 is 5.32 Å². The molecule has 2 aliphatic heterocycles. The average Bonchev–Trinajstić information content (AvgIpc) is 2.87. The van der Waals surface area contributed by atoms with E-state index in [2.05, 4.69) is 5.32 Å². The molecule has 12 heteroatoms. The van der Waals surface area contributed by atoms with Gasteiger partial charge in [-0.3, -0.25) is 9.80 Å². The molecule has 0 saturated carbocycles. The van der Waals surface area contributed by atoms with Gasteiger partial charge in [-0.05, 0) is 49.7 Å². The highest BCUT2D eigenvalue weighted by Gasteiger charge is 2.40. The zero-order chi connectivity index (χ0) is 27.6. The molecule has 1 saturated heterocycles. The van der Waals surface area contributed by atoms with Gasteiger partial charge in [0, 0.05) is 55.0 Å². The second-order valence-electron chi connectivity index (χ2n) is 9.20. The Bertz CT molecular complexity index is 1350. The topological polar surface area (TPSA) is 99.3 Å². The number of piperazine rings is 1. The number of nitrogens with zero attached hydrogens (tertiary/aromatic N) is 3. The predicted octanol–water partition coefficient (Wildman–Crippen LogP) is 3.90. The zero-order valence-corrected chi connectivity index (χ0v) is 23.7. The second-order valence-corrected chi connectivity index (χ2v) is 11.9. The Labute approximate surface area is 233 Å². The third kappa shape index (κ3) is 5.69. The van der Waals surface area contributed by atoms with Crippen LogP contribution in [-0.4, -0.2) is 80.4 Å². The highest BCUT2D eigenvalue weighted by atomic mass is 35.5. The van der Waals surface area contributed by atoms with Crippen molar-refractivity contribution in [2.75, 3.05) is 39.8 Å². The number of carbonyl (C=O) groups is 2. The maximum absolute atomic E-state index is 13.3. The Morgan fingerprint density at radius 2 is 1.79 bits per heavy atom. The summed E-state index contributed by atoms with van der Waals surface area (Å²) in [5, 5.41) is 3.74. The lowest BCUT2D eigenvalue weighted by Crippen LogP contribution is -2.56. The molecule has 2 aromatic carbocycles. The van der Waals surface area contributed by atoms with Crippen molar-refractivity contribution in [2.24, 2.45) is 0 Å². The van der Waals surface area contributed by atoms with Gasteiger partial charge in [-0.1, -0.05) is 41.4 Å². The quantitative estimate of drug-likeness (QED) is 0.498. The fourth-order valence-electron chi connectivity index (χ4n) is 4.81. The molecule has 0 aliphatic carbocycles. The normalized spacial score (nSPS) is 21.4. The molecule has 0 spiro atoms. The number of halogens is 2. The van der Waals surface area contributed by atoms with Gasteiger partial charge in [-0.2, -0.15) is 4.31 Å². The van der Waals surface area contributed by atoms with Crippen LogP contribution in [0.25, 0.3) is 0 Å². The fourth-order valence-corrected chi connectivity index (χ4v) is 6.80. The van der Waals surface area contributed by atoms with Gasteiger partial charge < -0.3 is 10.1 Å². The van der Waals surface area contributed by atoms with Gasteiger partial charge in [0.05, 0.1) is 23.1 Å². The first kappa shape index (κ1) is 28.4. The van der Waals surface area contributed by atoms with E-state index in [1.165, 1.54) is 21.3 Å². The number of nitrogens with one attached hydrogen (secondary N) is 1. The zero-order valence-electron chi connectivity index (χ0n) is 21.4. The van der Waals surface area contributed by atoms with E-state index in [1.807, 2.05) is 11.8 Å². The molecule has 2 aliphatic rings. The molecule has 204 valence electrons. The van der Waals surface area contributed by atoms with Gasteiger partial charge >= 0.3 is 12.0 Å². The van der Waals surface area contributed by atoms with Crippen molar-refractivity contribution in [1.82, 2.24) is 19.4 Å². The van der Waals surface area contributed by atoms with E-state index in [9.17, 15) is 18.0 Å². The van der Waals surface area contributed by atoms with Crippen molar-refractivity contribution >= 4 is 45.2 Å². The Balaban J connectivity index is 1.63. The average molecular weight is 582 g/mol. The van der Waals surface area contributed by atoms with Gasteiger partial charge in [-0.15, -0.1) is 0 Å². The molecule has 2 aromatic rings. The highest BCUT2D eigenvalue weighted by Crippen LogP contribution is 2.35. The van der Waals surface area contributed by atoms with Crippen molar-refractivity contribution in [3.63, 3.8) is 0 Å². The lowest BCUT2D eigenvalue weighted by molar-refractivity contribution is -0.139. The summed E-state index contributed by atoms with van der Waals surface area (Å²) >= 11 is 12.4. The van der Waals surface area contributed by atoms with Crippen LogP contribution in [0.3, 0.4) is 0 Å². The van der Waals surface area contributed by atoms with Crippen LogP contribution in [-0.2, 0) is 19.6 Å². The molecular formula is C26H30Cl2N4O5S. The number of urea groups is 1. The van der Waals surface area contributed by atoms with Crippen molar-refractivity contribution < 1.29 is 22.7 Å². The molecule has 2 atom stereocenters. The minimum Gasteiger partial charge on any atom is -0.463 e. The number of sulfonamides is 1. The summed E-state index contributed by atoms with van der Waals surface area (Å²) < 4.78 is 33.4. The Hall–Kier alpha value is -2.63. The van der Waals surface area contributed by atoms with Gasteiger partial charge in [0.1, 0.15) is 0 Å². The standard InChI is InChI=1S/C26H30Cl2N4O5S/c1-4-37-25(33)23-22(30(3)26(34)29-24(23)20-7-5-6-8-21(20)28)16-31-13-14-32(17(2)15-31)38(35,36)19-11-9-18(27)10-12-19/h5-12,17,24H,4,13-16H2,1-3H3,(H,29,34)/t17-,24+/m0/s1. The van der Waals surface area contributed by atoms with Crippen LogP contribution in [0.5, 0.6) is 0 Å². The van der Waals surface area contributed by atoms with E-state index in [0.717, 1.165) is 0 Å². The van der Waals surface area contributed by atoms with Crippen LogP contribution in [0.4, 0.5) is 4.79 Å². The molecular weight excluding hydrogens is 551 g/mol. The summed E-state index contributed by atoms with van der Waals surface area (Å²) in [5.41, 5.74) is 1.37. The van der Waals surface area contributed by atoms with E-state index in [0.29, 0.717) is 40.0 Å². The monoisotopic (exact) mass is 580 g/mol. The first-order valence-electron chi connectivity index (χ1n) is 12.2. The summed E-state index contributed by atoms with van der Waals surface area (Å²) in [6.07, 6.45) is 0. The van der Waals surface area contributed by atoms with E-state index in [-0.39, 0.29) is 36.7 Å². The van der Waals surface area contributed by atoms with Gasteiger partial charge in [0.15, 0.2) is 0 Å². The number of likely N-dealkylation sites (N-methyl/N-ethyl adjacent to an activating group) is 1. The second kappa shape index (κ2) is 11.6. The van der Waals surface area contributed by atoms with Gasteiger partial charge in [0.25, 0.3) is 0 Å². The number of rotatable bonds is 7. The molecule has 1 N–H and O–H groups in total. The number of ether oxygens (including phenoxy) is 1. The Kier molecular flexibility index (Phi) is 8.68. The number of amides is 2. The first-order chi connectivity index (χ1) is 18.0. The number of esters is 1. The van der Waals surface area contributed by atoms with Gasteiger partial charge in [0.2, 0.25) is 10.0 Å². The molecule has 4 rings (SSSR count). The number of hydrogen-bond donors (Lipinski definition) is 1. The van der Waals surface area contributed by atoms with E-state index >= 15 is 0 Å². The first-order valence-corrected chi connectivity index (χ1v) is 14.4. The van der Waals surface area contributed by atoms with Crippen LogP contribution in [0.1, 0.15) is 25.5 Å². The van der Waals surface area contributed by atoms with E-state index in [4.69, 9.17) is 27.9 Å². The molecule has 0 bridgehead atoms. The minimum atomic E-state index is -3.71. The molecule has 9 nitrogen and oxygen atoms in total. The van der Waals surface area contributed by atoms with Crippen LogP contribution in [0.15, 0.2) is 64.7 Å². The molecule has 0 unspecified atom stereocenters. The SMILES string of the molecule is CCOC(=O)C1=C(CN2CCN(S(=O)(=O)c3ccc(Cl)cc3)[C@@H](C)C2)N(C)C(=O)N[C@@H]1c1ccccc1Cl. The van der Waals surface area contributed by atoms with Crippen LogP contribution >= 0.6 is 23.2 Å². The fraction of sp³-hybridized carbons (Fsp3) is 0.385. The number of hydrogen-bond acceptors (Lipinski definition) is 6. The maximum Gasteiger partial charge on any atom is 0.338 e. The third-order valence-corrected chi connectivity index (χ3v) is 9.36. The molecule has 1 fully saturated rings. The molecule has 38 heavy (non-hydrogen) atoms. The molecule has 0 radical (unpaired) electrons. The summed E-state index contributed by atoms with van der Waals surface area (Å²) in [4.78, 5) is 29.8. The highest BCUT2D eigenvalue weighted by molar-refractivity contribution is 7.89. The van der Waals surface area contributed by atoms with E-state index < -0.39 is 22.0 Å². The van der Waals surface area contributed by atoms with Crippen LogP contribution in [0, 0.1) is 0 Å². The minimum absolute atomic E-state index is 0.167. The van der Waals surface area contributed by atoms with Crippen LogP contribution in [0.2, 0.25) is 10.0 Å². The van der Waals surface area contributed by atoms with Crippen molar-refractivity contribution in [3.05, 3.63) is 75.4 Å². The molecule has 0 aromatic heterocycles. The number of benzene rings is 2. The van der Waals surface area contributed by atoms with Crippen molar-refractivity contribution in [2.45, 2.75) is 30.8 Å². The maximum atomic E-state index is 13.3. The van der Waals surface area contributed by atoms with Crippen molar-refractivity contribution in [3.8, 4) is 0 Å². The lowest BCUT2D eigenvalue weighted by Gasteiger charge is -2.41. The summed E-state index contributed by atoms with van der Waals surface area (Å²) in [6, 6.07) is 11.6. The number of carbonyl (C=O) groups excluding carboxylic acids is 2. The summed E-state index contributed by atoms with van der Waals surface area (Å²) in [6.45, 7) is 5.03. The smallest absolute Gasteiger partial charge is 0.338 e. The van der Waals surface area contributed by atoms with E-state index in [1.54, 1.807) is 50.4 Å². The molecule has 2 heterocycles. The Morgan fingerprint density at radius 3 is 2.42 bits per heavy atom. The largest absolute Gasteiger partial charge is 0.463 e. The summed E-state index contributed by atoms with van der Waals surface area (Å²) in [5.74, 6) is -0.545. The van der Waals surface area contributed by atoms with Gasteiger partial charge in [-0.25, -0.2) is 18.0 Å². The summed E-state index contributed by atoms with van der Waals surface area (Å²) in [7, 11) is -2.12. The Morgan fingerprint density at radius 1 is 1.11 bits per heavy atom. The molecule has 2 amide bonds. The lowest BCUT2D eigenvalue weighted by atomic mass is 9.94. The third-order valence-electron chi connectivity index (χ3n) is 6.73. The van der Waals surface area contributed by atoms with Crippen molar-refractivity contribution in [1.29, 1.82) is 0 Å². The predicted molar refractivity (Wildman–Crippen MR) is 145 cm³/mol.